The van der Waals surface area contributed by atoms with Crippen molar-refractivity contribution < 1.29 is 4.74 Å². The van der Waals surface area contributed by atoms with Gasteiger partial charge in [-0.3, -0.25) is 0 Å². The fourth-order valence-corrected chi connectivity index (χ4v) is 2.24. The molecule has 2 atom stereocenters. The second-order valence-corrected chi connectivity index (χ2v) is 5.31. The van der Waals surface area contributed by atoms with Gasteiger partial charge in [-0.1, -0.05) is 12.2 Å². The minimum Gasteiger partial charge on any atom is -0.365 e. The highest BCUT2D eigenvalue weighted by Crippen LogP contribution is 2.36. The van der Waals surface area contributed by atoms with E-state index in [1.165, 1.54) is 12.2 Å². The number of hydrogen-bond acceptors (Lipinski definition) is 4. The van der Waals surface area contributed by atoms with Crippen LogP contribution < -0.4 is 17.1 Å². The van der Waals surface area contributed by atoms with Crippen LogP contribution in [0.2, 0.25) is 0 Å². The normalized spacial score (nSPS) is 23.8. The molecule has 7 nitrogen and oxygen atoms in total. The van der Waals surface area contributed by atoms with Gasteiger partial charge in [0.25, 0.3) is 0 Å². The van der Waals surface area contributed by atoms with E-state index in [2.05, 4.69) is 13.2 Å². The number of aromatic nitrogens is 3. The van der Waals surface area contributed by atoms with E-state index in [1.54, 1.807) is 0 Å². The van der Waals surface area contributed by atoms with Crippen molar-refractivity contribution >= 4 is 0 Å². The smallest absolute Gasteiger partial charge is 0.336 e. The van der Waals surface area contributed by atoms with Gasteiger partial charge in [0.05, 0.1) is 25.7 Å². The second kappa shape index (κ2) is 5.33. The lowest BCUT2D eigenvalue weighted by Gasteiger charge is -2.13. The van der Waals surface area contributed by atoms with Crippen molar-refractivity contribution in [2.75, 3.05) is 0 Å². The zero-order valence-corrected chi connectivity index (χ0v) is 12.2. The van der Waals surface area contributed by atoms with Gasteiger partial charge in [-0.05, 0) is 13.8 Å². The Labute approximate surface area is 121 Å². The first-order valence-electron chi connectivity index (χ1n) is 6.70. The lowest BCUT2D eigenvalue weighted by Crippen LogP contribution is -2.55. The molecule has 0 spiro atoms. The van der Waals surface area contributed by atoms with Crippen LogP contribution >= 0.6 is 0 Å². The number of epoxide rings is 1. The van der Waals surface area contributed by atoms with Gasteiger partial charge in [0.15, 0.2) is 0 Å². The van der Waals surface area contributed by atoms with Crippen molar-refractivity contribution in [3.8, 4) is 0 Å². The number of allylic oxidation sites excluding steroid dienone is 2. The third kappa shape index (κ3) is 2.56. The molecule has 1 aromatic heterocycles. The van der Waals surface area contributed by atoms with Crippen LogP contribution in [0, 0.1) is 0 Å². The summed E-state index contributed by atoms with van der Waals surface area (Å²) in [7, 11) is 0. The van der Waals surface area contributed by atoms with Crippen LogP contribution in [-0.2, 0) is 24.4 Å². The molecule has 1 aromatic rings. The molecule has 114 valence electrons. The van der Waals surface area contributed by atoms with Crippen LogP contribution in [0.3, 0.4) is 0 Å². The van der Waals surface area contributed by atoms with Gasteiger partial charge in [0.1, 0.15) is 5.60 Å². The molecule has 2 unspecified atom stereocenters. The van der Waals surface area contributed by atoms with Crippen LogP contribution in [0.1, 0.15) is 13.8 Å². The summed E-state index contributed by atoms with van der Waals surface area (Å²) in [6, 6.07) is 0. The molecule has 1 fully saturated rings. The van der Waals surface area contributed by atoms with E-state index < -0.39 is 22.7 Å². The molecule has 2 rings (SSSR count). The highest BCUT2D eigenvalue weighted by molar-refractivity contribution is 4.97. The van der Waals surface area contributed by atoms with Gasteiger partial charge in [0, 0.05) is 0 Å². The molecular formula is C14H19N3O4. The molecule has 7 heteroatoms. The molecule has 0 aromatic carbocycles. The molecule has 2 heterocycles. The summed E-state index contributed by atoms with van der Waals surface area (Å²) in [6.07, 6.45) is 2.85. The van der Waals surface area contributed by atoms with E-state index in [1.807, 2.05) is 13.8 Å². The average molecular weight is 293 g/mol. The van der Waals surface area contributed by atoms with Crippen LogP contribution in [0.25, 0.3) is 0 Å². The minimum absolute atomic E-state index is 0.0311. The van der Waals surface area contributed by atoms with Crippen molar-refractivity contribution in [1.82, 2.24) is 13.7 Å². The Morgan fingerprint density at radius 2 is 1.43 bits per heavy atom. The number of nitrogens with zero attached hydrogens (tertiary/aromatic N) is 3. The molecule has 0 radical (unpaired) electrons. The monoisotopic (exact) mass is 293 g/mol. The Morgan fingerprint density at radius 1 is 1.05 bits per heavy atom. The summed E-state index contributed by atoms with van der Waals surface area (Å²) in [5.74, 6) is 0. The van der Waals surface area contributed by atoms with Crippen LogP contribution in [0.15, 0.2) is 39.7 Å². The van der Waals surface area contributed by atoms with E-state index in [0.717, 1.165) is 13.7 Å². The fourth-order valence-electron chi connectivity index (χ4n) is 2.24. The van der Waals surface area contributed by atoms with Gasteiger partial charge in [-0.15, -0.1) is 13.2 Å². The van der Waals surface area contributed by atoms with E-state index in [4.69, 9.17) is 4.74 Å². The predicted octanol–water partition coefficient (Wildman–Crippen LogP) is -0.279. The number of hydrogen-bond donors (Lipinski definition) is 0. The maximum atomic E-state index is 12.4. The van der Waals surface area contributed by atoms with Crippen LogP contribution in [-0.4, -0.2) is 25.4 Å². The molecule has 1 saturated heterocycles. The Bertz CT molecular complexity index is 707. The first kappa shape index (κ1) is 15.2. The van der Waals surface area contributed by atoms with Crippen LogP contribution in [0.5, 0.6) is 0 Å². The zero-order chi connectivity index (χ0) is 15.8. The van der Waals surface area contributed by atoms with E-state index in [0.29, 0.717) is 0 Å². The molecule has 1 aliphatic rings. The van der Waals surface area contributed by atoms with Crippen molar-refractivity contribution in [2.45, 2.75) is 45.2 Å². The van der Waals surface area contributed by atoms with Crippen molar-refractivity contribution in [3.05, 3.63) is 56.8 Å². The SMILES string of the molecule is C=CCn1c(=O)n(CC=C)c(=O)n(CC2(C)OC2C)c1=O. The first-order valence-corrected chi connectivity index (χ1v) is 6.70. The zero-order valence-electron chi connectivity index (χ0n) is 12.2. The fraction of sp³-hybridized carbons (Fsp3) is 0.500. The summed E-state index contributed by atoms with van der Waals surface area (Å²) in [5.41, 5.74) is -2.50. The third-order valence-corrected chi connectivity index (χ3v) is 3.73. The highest BCUT2D eigenvalue weighted by atomic mass is 16.6. The second-order valence-electron chi connectivity index (χ2n) is 5.31. The predicted molar refractivity (Wildman–Crippen MR) is 78.6 cm³/mol. The maximum Gasteiger partial charge on any atom is 0.336 e. The lowest BCUT2D eigenvalue weighted by molar-refractivity contribution is 0.274. The molecule has 0 aliphatic carbocycles. The van der Waals surface area contributed by atoms with E-state index in [-0.39, 0.29) is 25.7 Å². The van der Waals surface area contributed by atoms with Crippen molar-refractivity contribution in [2.24, 2.45) is 0 Å². The van der Waals surface area contributed by atoms with Gasteiger partial charge < -0.3 is 4.74 Å². The van der Waals surface area contributed by atoms with E-state index in [9.17, 15) is 14.4 Å². The Kier molecular flexibility index (Phi) is 3.87. The third-order valence-electron chi connectivity index (χ3n) is 3.73. The Balaban J connectivity index is 2.65. The van der Waals surface area contributed by atoms with Gasteiger partial charge in [-0.25, -0.2) is 28.1 Å². The lowest BCUT2D eigenvalue weighted by atomic mass is 10.1. The van der Waals surface area contributed by atoms with Crippen molar-refractivity contribution in [1.29, 1.82) is 0 Å². The quantitative estimate of drug-likeness (QED) is 0.534. The van der Waals surface area contributed by atoms with Crippen LogP contribution in [0.4, 0.5) is 0 Å². The summed E-state index contributed by atoms with van der Waals surface area (Å²) < 4.78 is 8.41. The molecular weight excluding hydrogens is 274 g/mol. The number of ether oxygens (including phenoxy) is 1. The summed E-state index contributed by atoms with van der Waals surface area (Å²) in [6.45, 7) is 10.9. The molecule has 21 heavy (non-hydrogen) atoms. The molecule has 0 N–H and O–H groups in total. The maximum absolute atomic E-state index is 12.4. The van der Waals surface area contributed by atoms with Crippen molar-refractivity contribution in [3.63, 3.8) is 0 Å². The van der Waals surface area contributed by atoms with E-state index >= 15 is 0 Å². The Morgan fingerprint density at radius 3 is 1.76 bits per heavy atom. The largest absolute Gasteiger partial charge is 0.365 e. The summed E-state index contributed by atoms with van der Waals surface area (Å²) in [5, 5.41) is 0. The standard InChI is InChI=1S/C14H19N3O4/c1-5-7-15-11(18)16(8-6-2)13(20)17(12(15)19)9-14(4)10(3)21-14/h5-6,10H,1-2,7-9H2,3-4H3. The molecule has 0 bridgehead atoms. The topological polar surface area (TPSA) is 78.5 Å². The molecule has 0 saturated carbocycles. The van der Waals surface area contributed by atoms with Gasteiger partial charge >= 0.3 is 17.1 Å². The van der Waals surface area contributed by atoms with Gasteiger partial charge in [0.2, 0.25) is 0 Å². The van der Waals surface area contributed by atoms with Gasteiger partial charge in [-0.2, -0.15) is 0 Å². The highest BCUT2D eigenvalue weighted by Gasteiger charge is 2.49. The first-order chi connectivity index (χ1) is 9.85. The molecule has 0 amide bonds. The Hall–Kier alpha value is -2.15. The minimum atomic E-state index is -0.657. The number of rotatable bonds is 6. The molecule has 1 aliphatic heterocycles. The summed E-state index contributed by atoms with van der Waals surface area (Å²) in [4.78, 5) is 36.9. The average Bonchev–Trinajstić information content (AvgIpc) is 3.03. The summed E-state index contributed by atoms with van der Waals surface area (Å²) >= 11 is 0.